The second kappa shape index (κ2) is 8.90. The zero-order chi connectivity index (χ0) is 19.9. The standard InChI is InChI=1S/C20H18F2N4O2/c1-28-17-8-3-2-5-13(17)9-10-23-18-12-24-16(11-25-18)20(27)26-19-14(21)6-4-7-15(19)22/h2-8,11-12H,9-10H2,1H3,(H,23,25)(H,26,27). The third kappa shape index (κ3) is 4.59. The molecule has 0 radical (unpaired) electrons. The first-order chi connectivity index (χ1) is 13.6. The Morgan fingerprint density at radius 3 is 2.46 bits per heavy atom. The molecule has 0 saturated carbocycles. The summed E-state index contributed by atoms with van der Waals surface area (Å²) in [4.78, 5) is 20.2. The summed E-state index contributed by atoms with van der Waals surface area (Å²) in [6.07, 6.45) is 3.33. The van der Waals surface area contributed by atoms with Gasteiger partial charge < -0.3 is 15.4 Å². The molecule has 6 nitrogen and oxygen atoms in total. The van der Waals surface area contributed by atoms with Crippen molar-refractivity contribution in [2.75, 3.05) is 24.3 Å². The van der Waals surface area contributed by atoms with Crippen LogP contribution in [-0.2, 0) is 6.42 Å². The highest BCUT2D eigenvalue weighted by atomic mass is 19.1. The van der Waals surface area contributed by atoms with Crippen LogP contribution in [0.1, 0.15) is 16.1 Å². The maximum Gasteiger partial charge on any atom is 0.276 e. The van der Waals surface area contributed by atoms with Gasteiger partial charge in [-0.15, -0.1) is 0 Å². The van der Waals surface area contributed by atoms with E-state index in [0.717, 1.165) is 23.4 Å². The van der Waals surface area contributed by atoms with Crippen molar-refractivity contribution < 1.29 is 18.3 Å². The van der Waals surface area contributed by atoms with Gasteiger partial charge >= 0.3 is 0 Å². The lowest BCUT2D eigenvalue weighted by Gasteiger charge is -2.10. The number of nitrogens with one attached hydrogen (secondary N) is 2. The van der Waals surface area contributed by atoms with Gasteiger partial charge in [0.1, 0.15) is 34.6 Å². The number of carbonyl (C=O) groups excluding carboxylic acids is 1. The molecule has 0 aliphatic carbocycles. The fourth-order valence-electron chi connectivity index (χ4n) is 2.57. The Morgan fingerprint density at radius 1 is 1.04 bits per heavy atom. The Morgan fingerprint density at radius 2 is 1.79 bits per heavy atom. The average molecular weight is 384 g/mol. The maximum atomic E-state index is 13.6. The number of benzene rings is 2. The summed E-state index contributed by atoms with van der Waals surface area (Å²) in [5, 5.41) is 5.26. The van der Waals surface area contributed by atoms with E-state index in [2.05, 4.69) is 20.6 Å². The van der Waals surface area contributed by atoms with Gasteiger partial charge in [-0.05, 0) is 30.2 Å². The molecule has 3 aromatic rings. The van der Waals surface area contributed by atoms with Crippen molar-refractivity contribution >= 4 is 17.4 Å². The largest absolute Gasteiger partial charge is 0.496 e. The van der Waals surface area contributed by atoms with E-state index in [1.807, 2.05) is 24.3 Å². The molecular formula is C20H18F2N4O2. The van der Waals surface area contributed by atoms with Gasteiger partial charge in [-0.1, -0.05) is 24.3 Å². The zero-order valence-corrected chi connectivity index (χ0v) is 15.1. The van der Waals surface area contributed by atoms with Gasteiger partial charge in [0.25, 0.3) is 5.91 Å². The summed E-state index contributed by atoms with van der Waals surface area (Å²) >= 11 is 0. The number of carbonyl (C=O) groups is 1. The van der Waals surface area contributed by atoms with Crippen LogP contribution in [0.3, 0.4) is 0 Å². The van der Waals surface area contributed by atoms with Crippen molar-refractivity contribution in [2.24, 2.45) is 0 Å². The molecule has 144 valence electrons. The second-order valence-electron chi connectivity index (χ2n) is 5.83. The lowest BCUT2D eigenvalue weighted by atomic mass is 10.1. The minimum absolute atomic E-state index is 0.0575. The van der Waals surface area contributed by atoms with E-state index in [1.54, 1.807) is 7.11 Å². The van der Waals surface area contributed by atoms with Gasteiger partial charge in [-0.3, -0.25) is 4.79 Å². The molecule has 0 aliphatic heterocycles. The average Bonchev–Trinajstić information content (AvgIpc) is 2.71. The van der Waals surface area contributed by atoms with Crippen LogP contribution in [0.4, 0.5) is 20.3 Å². The number of anilines is 2. The Kier molecular flexibility index (Phi) is 6.11. The minimum Gasteiger partial charge on any atom is -0.496 e. The van der Waals surface area contributed by atoms with Crippen LogP contribution >= 0.6 is 0 Å². The SMILES string of the molecule is COc1ccccc1CCNc1cnc(C(=O)Nc2c(F)cccc2F)cn1. The van der Waals surface area contributed by atoms with Crippen molar-refractivity contribution in [3.05, 3.63) is 77.8 Å². The topological polar surface area (TPSA) is 76.1 Å². The van der Waals surface area contributed by atoms with Crippen molar-refractivity contribution in [3.63, 3.8) is 0 Å². The van der Waals surface area contributed by atoms with Gasteiger partial charge in [-0.25, -0.2) is 18.7 Å². The van der Waals surface area contributed by atoms with E-state index in [-0.39, 0.29) is 5.69 Å². The normalized spacial score (nSPS) is 10.4. The molecule has 3 rings (SSSR count). The first-order valence-corrected chi connectivity index (χ1v) is 8.51. The molecule has 8 heteroatoms. The molecule has 28 heavy (non-hydrogen) atoms. The molecule has 1 aromatic heterocycles. The van der Waals surface area contributed by atoms with Crippen molar-refractivity contribution in [1.82, 2.24) is 9.97 Å². The van der Waals surface area contributed by atoms with Crippen molar-refractivity contribution in [1.29, 1.82) is 0 Å². The molecule has 0 spiro atoms. The molecule has 1 amide bonds. The number of methoxy groups -OCH3 is 1. The van der Waals surface area contributed by atoms with Crippen LogP contribution in [0.15, 0.2) is 54.9 Å². The van der Waals surface area contributed by atoms with Crippen LogP contribution in [-0.4, -0.2) is 29.5 Å². The Hall–Kier alpha value is -3.55. The summed E-state index contributed by atoms with van der Waals surface area (Å²) in [6.45, 7) is 0.584. The van der Waals surface area contributed by atoms with Crippen LogP contribution in [0.25, 0.3) is 0 Å². The fraction of sp³-hybridized carbons (Fsp3) is 0.150. The molecule has 0 aliphatic rings. The van der Waals surface area contributed by atoms with Crippen LogP contribution in [0, 0.1) is 11.6 Å². The summed E-state index contributed by atoms with van der Waals surface area (Å²) in [6, 6.07) is 11.0. The first-order valence-electron chi connectivity index (χ1n) is 8.51. The van der Waals surface area contributed by atoms with Gasteiger partial charge in [0.2, 0.25) is 0 Å². The van der Waals surface area contributed by atoms with Gasteiger partial charge in [0.05, 0.1) is 19.5 Å². The lowest BCUT2D eigenvalue weighted by Crippen LogP contribution is -2.16. The summed E-state index contributed by atoms with van der Waals surface area (Å²) in [7, 11) is 1.62. The van der Waals surface area contributed by atoms with Crippen molar-refractivity contribution in [2.45, 2.75) is 6.42 Å². The van der Waals surface area contributed by atoms with Gasteiger partial charge in [0, 0.05) is 6.54 Å². The number of aromatic nitrogens is 2. The van der Waals surface area contributed by atoms with E-state index in [1.165, 1.54) is 18.5 Å². The minimum atomic E-state index is -0.865. The smallest absolute Gasteiger partial charge is 0.276 e. The number of hydrogen-bond acceptors (Lipinski definition) is 5. The van der Waals surface area contributed by atoms with E-state index < -0.39 is 23.2 Å². The summed E-state index contributed by atoms with van der Waals surface area (Å²) < 4.78 is 32.5. The Labute approximate surface area is 160 Å². The van der Waals surface area contributed by atoms with Crippen LogP contribution < -0.4 is 15.4 Å². The molecule has 0 fully saturated rings. The molecule has 0 bridgehead atoms. The molecule has 1 heterocycles. The Bertz CT molecular complexity index is 944. The molecular weight excluding hydrogens is 366 g/mol. The Balaban J connectivity index is 1.58. The predicted molar refractivity (Wildman–Crippen MR) is 102 cm³/mol. The van der Waals surface area contributed by atoms with E-state index in [9.17, 15) is 13.6 Å². The number of rotatable bonds is 7. The number of hydrogen-bond donors (Lipinski definition) is 2. The van der Waals surface area contributed by atoms with Crippen LogP contribution in [0.5, 0.6) is 5.75 Å². The molecule has 2 aromatic carbocycles. The zero-order valence-electron chi connectivity index (χ0n) is 15.1. The fourth-order valence-corrected chi connectivity index (χ4v) is 2.57. The summed E-state index contributed by atoms with van der Waals surface area (Å²) in [5.41, 5.74) is 0.472. The van der Waals surface area contributed by atoms with Crippen LogP contribution in [0.2, 0.25) is 0 Å². The van der Waals surface area contributed by atoms with E-state index >= 15 is 0 Å². The highest BCUT2D eigenvalue weighted by Crippen LogP contribution is 2.19. The second-order valence-corrected chi connectivity index (χ2v) is 5.83. The third-order valence-electron chi connectivity index (χ3n) is 3.98. The number of halogens is 2. The molecule has 0 unspecified atom stereocenters. The number of para-hydroxylation sites is 2. The third-order valence-corrected chi connectivity index (χ3v) is 3.98. The predicted octanol–water partition coefficient (Wildman–Crippen LogP) is 3.67. The highest BCUT2D eigenvalue weighted by Gasteiger charge is 2.14. The monoisotopic (exact) mass is 384 g/mol. The highest BCUT2D eigenvalue weighted by molar-refractivity contribution is 6.02. The first kappa shape index (κ1) is 19.2. The molecule has 0 atom stereocenters. The van der Waals surface area contributed by atoms with E-state index in [0.29, 0.717) is 18.8 Å². The lowest BCUT2D eigenvalue weighted by molar-refractivity contribution is 0.102. The number of nitrogens with zero attached hydrogens (tertiary/aromatic N) is 2. The number of ether oxygens (including phenoxy) is 1. The number of amides is 1. The summed E-state index contributed by atoms with van der Waals surface area (Å²) in [5.74, 6) is -1.20. The molecule has 2 N–H and O–H groups in total. The molecule has 0 saturated heterocycles. The maximum absolute atomic E-state index is 13.6. The van der Waals surface area contributed by atoms with Gasteiger partial charge in [0.15, 0.2) is 0 Å². The van der Waals surface area contributed by atoms with Crippen molar-refractivity contribution in [3.8, 4) is 5.75 Å². The quantitative estimate of drug-likeness (QED) is 0.650. The van der Waals surface area contributed by atoms with E-state index in [4.69, 9.17) is 4.74 Å². The van der Waals surface area contributed by atoms with Gasteiger partial charge in [-0.2, -0.15) is 0 Å².